The molecule has 0 bridgehead atoms. The van der Waals surface area contributed by atoms with Crippen LogP contribution in [0.4, 0.5) is 13.2 Å². The molecule has 0 saturated carbocycles. The van der Waals surface area contributed by atoms with Gasteiger partial charge < -0.3 is 16.4 Å². The summed E-state index contributed by atoms with van der Waals surface area (Å²) in [7, 11) is 0. The molecule has 152 valence electrons. The van der Waals surface area contributed by atoms with E-state index in [2.05, 4.69) is 10.2 Å². The van der Waals surface area contributed by atoms with Gasteiger partial charge in [0, 0.05) is 29.1 Å². The van der Waals surface area contributed by atoms with Gasteiger partial charge in [-0.3, -0.25) is 5.10 Å². The van der Waals surface area contributed by atoms with E-state index in [4.69, 9.17) is 11.5 Å². The van der Waals surface area contributed by atoms with Gasteiger partial charge in [0.2, 0.25) is 0 Å². The Morgan fingerprint density at radius 3 is 2.66 bits per heavy atom. The molecule has 0 saturated heterocycles. The lowest BCUT2D eigenvalue weighted by atomic mass is 10.0. The fraction of sp³-hybridized carbons (Fsp3) is 0.250. The van der Waals surface area contributed by atoms with Crippen LogP contribution in [0.3, 0.4) is 0 Å². The molecule has 1 aromatic heterocycles. The van der Waals surface area contributed by atoms with E-state index < -0.39 is 11.7 Å². The maximum absolute atomic E-state index is 12.7. The largest absolute Gasteiger partial charge is 0.416 e. The lowest BCUT2D eigenvalue weighted by Gasteiger charge is -2.24. The summed E-state index contributed by atoms with van der Waals surface area (Å²) in [4.78, 5) is 3.00. The summed E-state index contributed by atoms with van der Waals surface area (Å²) < 4.78 is 38.0. The molecule has 1 aliphatic heterocycles. The summed E-state index contributed by atoms with van der Waals surface area (Å²) in [6.45, 7) is 0.505. The molecule has 0 amide bonds. The van der Waals surface area contributed by atoms with E-state index in [1.54, 1.807) is 18.0 Å². The second kappa shape index (κ2) is 7.74. The van der Waals surface area contributed by atoms with Crippen molar-refractivity contribution in [2.24, 2.45) is 11.5 Å². The van der Waals surface area contributed by atoms with E-state index in [1.807, 2.05) is 29.3 Å². The molecular formula is C20H20F3N5S. The zero-order valence-electron chi connectivity index (χ0n) is 15.4. The number of thioether (sulfide) groups is 1. The Labute approximate surface area is 169 Å². The van der Waals surface area contributed by atoms with Crippen LogP contribution in [0.2, 0.25) is 0 Å². The van der Waals surface area contributed by atoms with Crippen LogP contribution in [-0.2, 0) is 12.6 Å². The highest BCUT2D eigenvalue weighted by Gasteiger charge is 2.30. The highest BCUT2D eigenvalue weighted by molar-refractivity contribution is 8.09. The molecule has 2 aromatic carbocycles. The van der Waals surface area contributed by atoms with Gasteiger partial charge in [-0.25, -0.2) is 0 Å². The van der Waals surface area contributed by atoms with E-state index in [0.29, 0.717) is 13.0 Å². The molecule has 4 rings (SSSR count). The Morgan fingerprint density at radius 2 is 1.93 bits per heavy atom. The van der Waals surface area contributed by atoms with Gasteiger partial charge in [0.25, 0.3) is 0 Å². The van der Waals surface area contributed by atoms with Crippen LogP contribution in [-0.4, -0.2) is 33.2 Å². The maximum atomic E-state index is 12.7. The van der Waals surface area contributed by atoms with Crippen LogP contribution in [0, 0.1) is 0 Å². The van der Waals surface area contributed by atoms with E-state index >= 15 is 0 Å². The monoisotopic (exact) mass is 419 g/mol. The van der Waals surface area contributed by atoms with Crippen molar-refractivity contribution in [2.75, 3.05) is 6.54 Å². The highest BCUT2D eigenvalue weighted by atomic mass is 32.2. The molecule has 9 heteroatoms. The molecule has 1 unspecified atom stereocenters. The third-order valence-corrected chi connectivity index (χ3v) is 5.92. The quantitative estimate of drug-likeness (QED) is 0.587. The minimum atomic E-state index is -4.33. The van der Waals surface area contributed by atoms with Gasteiger partial charge >= 0.3 is 6.18 Å². The van der Waals surface area contributed by atoms with Gasteiger partial charge in [-0.1, -0.05) is 36.0 Å². The summed E-state index contributed by atoms with van der Waals surface area (Å²) in [5.74, 6) is 0. The molecule has 0 aliphatic carbocycles. The maximum Gasteiger partial charge on any atom is 0.416 e. The van der Waals surface area contributed by atoms with Crippen molar-refractivity contribution in [1.82, 2.24) is 15.1 Å². The van der Waals surface area contributed by atoms with E-state index in [0.717, 1.165) is 39.1 Å². The fourth-order valence-electron chi connectivity index (χ4n) is 3.31. The smallest absolute Gasteiger partial charge is 0.351 e. The number of nitrogens with two attached hydrogens (primary N) is 2. The first-order valence-corrected chi connectivity index (χ1v) is 9.92. The van der Waals surface area contributed by atoms with Crippen molar-refractivity contribution in [3.05, 3.63) is 71.6 Å². The zero-order chi connectivity index (χ0) is 20.6. The van der Waals surface area contributed by atoms with Crippen molar-refractivity contribution in [1.29, 1.82) is 0 Å². The summed E-state index contributed by atoms with van der Waals surface area (Å²) in [6.07, 6.45) is -0.108. The van der Waals surface area contributed by atoms with Gasteiger partial charge in [0.1, 0.15) is 5.50 Å². The fourth-order valence-corrected chi connectivity index (χ4v) is 4.31. The Bertz CT molecular complexity index is 1030. The van der Waals surface area contributed by atoms with Crippen LogP contribution in [0.25, 0.3) is 15.8 Å². The lowest BCUT2D eigenvalue weighted by molar-refractivity contribution is -0.137. The number of halogens is 3. The van der Waals surface area contributed by atoms with Crippen molar-refractivity contribution in [2.45, 2.75) is 24.1 Å². The number of nitrogens with one attached hydrogen (secondary N) is 1. The standard InChI is InChI=1S/C20H20F3N5S/c21-20(22,23)15-5-1-12(2-6-15)7-16(24)10-28-11-18(29-19(28)25)13-3-4-14-9-26-27-17(14)8-13/h1-6,8-9,11,16,19H,7,10,24-25H2,(H,26,27)/t16-,19?/m1/s1. The van der Waals surface area contributed by atoms with Gasteiger partial charge in [-0.05, 0) is 35.7 Å². The molecule has 29 heavy (non-hydrogen) atoms. The molecule has 0 fully saturated rings. The number of benzene rings is 2. The zero-order valence-corrected chi connectivity index (χ0v) is 16.2. The van der Waals surface area contributed by atoms with E-state index in [-0.39, 0.29) is 11.5 Å². The number of hydrogen-bond acceptors (Lipinski definition) is 5. The first-order valence-electron chi connectivity index (χ1n) is 9.04. The molecule has 2 heterocycles. The van der Waals surface area contributed by atoms with Crippen molar-refractivity contribution in [3.8, 4) is 0 Å². The van der Waals surface area contributed by atoms with E-state index in [1.165, 1.54) is 12.1 Å². The van der Waals surface area contributed by atoms with Crippen LogP contribution in [0.1, 0.15) is 16.7 Å². The molecule has 0 spiro atoms. The van der Waals surface area contributed by atoms with Crippen molar-refractivity contribution >= 4 is 27.6 Å². The Hall–Kier alpha value is -2.49. The summed E-state index contributed by atoms with van der Waals surface area (Å²) in [5, 5.41) is 8.03. The predicted octanol–water partition coefficient (Wildman–Crippen LogP) is 3.74. The molecule has 5 N–H and O–H groups in total. The van der Waals surface area contributed by atoms with Gasteiger partial charge in [0.05, 0.1) is 17.3 Å². The minimum absolute atomic E-state index is 0.260. The molecule has 0 radical (unpaired) electrons. The minimum Gasteiger partial charge on any atom is -0.351 e. The molecule has 2 atom stereocenters. The van der Waals surface area contributed by atoms with Crippen LogP contribution >= 0.6 is 11.8 Å². The van der Waals surface area contributed by atoms with Crippen molar-refractivity contribution < 1.29 is 13.2 Å². The van der Waals surface area contributed by atoms with Crippen molar-refractivity contribution in [3.63, 3.8) is 0 Å². The van der Waals surface area contributed by atoms with Gasteiger partial charge in [0.15, 0.2) is 0 Å². The number of H-pyrrole nitrogens is 1. The molecular weight excluding hydrogens is 399 g/mol. The summed E-state index contributed by atoms with van der Waals surface area (Å²) in [6, 6.07) is 10.9. The number of hydrogen-bond donors (Lipinski definition) is 3. The predicted molar refractivity (Wildman–Crippen MR) is 109 cm³/mol. The third kappa shape index (κ3) is 4.42. The topological polar surface area (TPSA) is 84.0 Å². The Morgan fingerprint density at radius 1 is 1.17 bits per heavy atom. The molecule has 5 nitrogen and oxygen atoms in total. The molecule has 3 aromatic rings. The average Bonchev–Trinajstić information content (AvgIpc) is 3.27. The normalized spacial score (nSPS) is 18.3. The average molecular weight is 419 g/mol. The van der Waals surface area contributed by atoms with Crippen LogP contribution in [0.15, 0.2) is 54.9 Å². The number of rotatable bonds is 5. The lowest BCUT2D eigenvalue weighted by Crippen LogP contribution is -2.42. The first kappa shape index (κ1) is 19.8. The summed E-state index contributed by atoms with van der Waals surface area (Å²) >= 11 is 1.54. The number of fused-ring (bicyclic) bond motifs is 1. The second-order valence-corrected chi connectivity index (χ2v) is 8.19. The number of alkyl halides is 3. The summed E-state index contributed by atoms with van der Waals surface area (Å²) in [5.41, 5.74) is 14.3. The van der Waals surface area contributed by atoms with Crippen LogP contribution < -0.4 is 11.5 Å². The second-order valence-electron chi connectivity index (χ2n) is 7.03. The molecule has 1 aliphatic rings. The van der Waals surface area contributed by atoms with Gasteiger partial charge in [-0.2, -0.15) is 18.3 Å². The van der Waals surface area contributed by atoms with Gasteiger partial charge in [-0.15, -0.1) is 0 Å². The highest BCUT2D eigenvalue weighted by Crippen LogP contribution is 2.38. The first-order chi connectivity index (χ1) is 13.8. The third-order valence-electron chi connectivity index (χ3n) is 4.81. The number of nitrogens with zero attached hydrogens (tertiary/aromatic N) is 2. The SMILES string of the molecule is NC1SC(c2ccc3cn[nH]c3c2)=CN1C[C@H](N)Cc1ccc(C(F)(F)F)cc1. The number of aromatic amines is 1. The Balaban J connectivity index is 1.41. The number of aromatic nitrogens is 2. The Kier molecular flexibility index (Phi) is 5.28. The van der Waals surface area contributed by atoms with E-state index in [9.17, 15) is 13.2 Å². The van der Waals surface area contributed by atoms with Crippen LogP contribution in [0.5, 0.6) is 0 Å².